The zero-order valence-corrected chi connectivity index (χ0v) is 18.3. The van der Waals surface area contributed by atoms with Crippen LogP contribution in [0.4, 0.5) is 0 Å². The molecule has 5 heteroatoms. The van der Waals surface area contributed by atoms with Crippen LogP contribution < -0.4 is 5.32 Å². The predicted molar refractivity (Wildman–Crippen MR) is 120 cm³/mol. The standard InChI is InChI=1S/C25H30ClN3O/c1-17(18-6-3-2-4-7-18)29(26)25(30)20-9-10-22-19(14-20)11-13-28-16-21-8-5-12-27-23(21)15-24(22)28/h2-4,6-7,9-10,14,17,21,23-24,27H,5,8,11-13,15-16H2,1H3/t17-,21+,23-,24-/m1/s1. The fraction of sp³-hybridized carbons (Fsp3) is 0.480. The first-order chi connectivity index (χ1) is 14.6. The monoisotopic (exact) mass is 423 g/mol. The summed E-state index contributed by atoms with van der Waals surface area (Å²) in [5.74, 6) is 0.664. The molecule has 2 fully saturated rings. The van der Waals surface area contributed by atoms with Crippen LogP contribution in [0.15, 0.2) is 48.5 Å². The molecule has 0 bridgehead atoms. The van der Waals surface area contributed by atoms with Crippen LogP contribution in [0.25, 0.3) is 0 Å². The van der Waals surface area contributed by atoms with Crippen molar-refractivity contribution in [3.8, 4) is 0 Å². The minimum absolute atomic E-state index is 0.129. The van der Waals surface area contributed by atoms with E-state index in [9.17, 15) is 4.79 Å². The number of hydrogen-bond acceptors (Lipinski definition) is 3. The SMILES string of the molecule is C[C@H](c1ccccc1)N(Cl)C(=O)c1ccc2c(c1)CCN1C[C@@H]3CCCN[C@@H]3C[C@H]21. The molecule has 1 amide bonds. The fourth-order valence-corrected chi connectivity index (χ4v) is 5.82. The molecular formula is C25H30ClN3O. The van der Waals surface area contributed by atoms with Crippen LogP contribution >= 0.6 is 11.8 Å². The van der Waals surface area contributed by atoms with Gasteiger partial charge < -0.3 is 5.32 Å². The summed E-state index contributed by atoms with van der Waals surface area (Å²) in [7, 11) is 0. The molecule has 1 N–H and O–H groups in total. The van der Waals surface area contributed by atoms with Crippen LogP contribution in [0.3, 0.4) is 0 Å². The number of piperidine rings is 2. The minimum atomic E-state index is -0.181. The van der Waals surface area contributed by atoms with Crippen LogP contribution in [0.1, 0.15) is 65.3 Å². The number of nitrogens with one attached hydrogen (secondary N) is 1. The van der Waals surface area contributed by atoms with Crippen LogP contribution in [0, 0.1) is 5.92 Å². The Morgan fingerprint density at radius 3 is 2.90 bits per heavy atom. The third kappa shape index (κ3) is 3.66. The number of nitrogens with zero attached hydrogens (tertiary/aromatic N) is 2. The number of hydrogen-bond donors (Lipinski definition) is 1. The molecule has 0 saturated carbocycles. The zero-order valence-electron chi connectivity index (χ0n) is 17.6. The molecule has 3 aliphatic rings. The van der Waals surface area contributed by atoms with Gasteiger partial charge in [0, 0.05) is 42.5 Å². The Kier molecular flexibility index (Phi) is 5.57. The van der Waals surface area contributed by atoms with Gasteiger partial charge in [-0.2, -0.15) is 0 Å². The largest absolute Gasteiger partial charge is 0.314 e. The number of rotatable bonds is 3. The predicted octanol–water partition coefficient (Wildman–Crippen LogP) is 4.71. The van der Waals surface area contributed by atoms with Gasteiger partial charge >= 0.3 is 0 Å². The van der Waals surface area contributed by atoms with Gasteiger partial charge in [0.2, 0.25) is 0 Å². The quantitative estimate of drug-likeness (QED) is 0.726. The van der Waals surface area contributed by atoms with E-state index >= 15 is 0 Å². The highest BCUT2D eigenvalue weighted by Crippen LogP contribution is 2.41. The van der Waals surface area contributed by atoms with Crippen LogP contribution in [-0.2, 0) is 6.42 Å². The summed E-state index contributed by atoms with van der Waals surface area (Å²) >= 11 is 6.49. The molecule has 0 spiro atoms. The average Bonchev–Trinajstić information content (AvgIpc) is 2.81. The molecule has 2 saturated heterocycles. The molecule has 3 heterocycles. The Morgan fingerprint density at radius 1 is 1.23 bits per heavy atom. The molecule has 0 aliphatic carbocycles. The third-order valence-corrected chi connectivity index (χ3v) is 7.79. The smallest absolute Gasteiger partial charge is 0.268 e. The molecule has 5 rings (SSSR count). The van der Waals surface area contributed by atoms with Crippen LogP contribution in [-0.4, -0.2) is 40.9 Å². The van der Waals surface area contributed by atoms with Crippen molar-refractivity contribution < 1.29 is 4.79 Å². The molecule has 2 aromatic carbocycles. The van der Waals surface area contributed by atoms with Crippen LogP contribution in [0.2, 0.25) is 0 Å². The topological polar surface area (TPSA) is 35.6 Å². The first kappa shape index (κ1) is 20.0. The van der Waals surface area contributed by atoms with Gasteiger partial charge in [0.05, 0.1) is 6.04 Å². The average molecular weight is 424 g/mol. The lowest BCUT2D eigenvalue weighted by atomic mass is 9.77. The summed E-state index contributed by atoms with van der Waals surface area (Å²) in [5, 5.41) is 3.75. The second-order valence-corrected chi connectivity index (χ2v) is 9.44. The molecule has 158 valence electrons. The normalized spacial score (nSPS) is 26.8. The maximum Gasteiger partial charge on any atom is 0.268 e. The van der Waals surface area contributed by atoms with Gasteiger partial charge in [0.25, 0.3) is 5.91 Å². The summed E-state index contributed by atoms with van der Waals surface area (Å²) in [5.41, 5.74) is 4.44. The zero-order chi connectivity index (χ0) is 20.7. The summed E-state index contributed by atoms with van der Waals surface area (Å²) in [6.07, 6.45) is 4.84. The second-order valence-electron chi connectivity index (χ2n) is 9.08. The van der Waals surface area contributed by atoms with Gasteiger partial charge in [-0.05, 0) is 73.9 Å². The van der Waals surface area contributed by atoms with E-state index in [1.807, 2.05) is 43.3 Å². The molecule has 30 heavy (non-hydrogen) atoms. The molecule has 2 aromatic rings. The van der Waals surface area contributed by atoms with Gasteiger partial charge in [-0.1, -0.05) is 36.4 Å². The molecule has 0 aromatic heterocycles. The number of benzene rings is 2. The lowest BCUT2D eigenvalue weighted by Gasteiger charge is -2.49. The maximum absolute atomic E-state index is 13.1. The van der Waals surface area contributed by atoms with Crippen molar-refractivity contribution in [2.45, 2.75) is 50.7 Å². The van der Waals surface area contributed by atoms with Crippen LogP contribution in [0.5, 0.6) is 0 Å². The Hall–Kier alpha value is -1.88. The van der Waals surface area contributed by atoms with Gasteiger partial charge in [-0.25, -0.2) is 4.42 Å². The van der Waals surface area contributed by atoms with E-state index in [0.717, 1.165) is 31.0 Å². The van der Waals surface area contributed by atoms with Crippen molar-refractivity contribution in [1.29, 1.82) is 0 Å². The molecular weight excluding hydrogens is 394 g/mol. The van der Waals surface area contributed by atoms with Crippen molar-refractivity contribution in [3.05, 3.63) is 70.8 Å². The first-order valence-electron chi connectivity index (χ1n) is 11.3. The van der Waals surface area contributed by atoms with E-state index in [2.05, 4.69) is 22.3 Å². The van der Waals surface area contributed by atoms with Crippen molar-refractivity contribution in [1.82, 2.24) is 14.6 Å². The van der Waals surface area contributed by atoms with Gasteiger partial charge in [0.15, 0.2) is 0 Å². The summed E-state index contributed by atoms with van der Waals surface area (Å²) in [6.45, 7) is 5.40. The van der Waals surface area contributed by atoms with E-state index in [1.54, 1.807) is 0 Å². The Balaban J connectivity index is 1.35. The lowest BCUT2D eigenvalue weighted by molar-refractivity contribution is 0.0551. The van der Waals surface area contributed by atoms with Crippen molar-refractivity contribution in [2.75, 3.05) is 19.6 Å². The van der Waals surface area contributed by atoms with Crippen molar-refractivity contribution in [3.63, 3.8) is 0 Å². The molecule has 0 radical (unpaired) electrons. The summed E-state index contributed by atoms with van der Waals surface area (Å²) in [6, 6.07) is 17.1. The molecule has 0 unspecified atom stereocenters. The number of carbonyl (C=O) groups excluding carboxylic acids is 1. The number of fused-ring (bicyclic) bond motifs is 4. The Morgan fingerprint density at radius 2 is 2.07 bits per heavy atom. The third-order valence-electron chi connectivity index (χ3n) is 7.35. The molecule has 4 atom stereocenters. The van der Waals surface area contributed by atoms with E-state index in [1.165, 1.54) is 41.4 Å². The number of carbonyl (C=O) groups is 1. The fourth-order valence-electron chi connectivity index (χ4n) is 5.61. The van der Waals surface area contributed by atoms with E-state index in [4.69, 9.17) is 11.8 Å². The maximum atomic E-state index is 13.1. The Bertz CT molecular complexity index is 918. The highest BCUT2D eigenvalue weighted by molar-refractivity contribution is 6.24. The summed E-state index contributed by atoms with van der Waals surface area (Å²) < 4.78 is 1.34. The molecule has 3 aliphatic heterocycles. The van der Waals surface area contributed by atoms with Gasteiger partial charge in [-0.15, -0.1) is 0 Å². The van der Waals surface area contributed by atoms with Gasteiger partial charge in [-0.3, -0.25) is 9.69 Å². The van der Waals surface area contributed by atoms with Gasteiger partial charge in [0.1, 0.15) is 0 Å². The van der Waals surface area contributed by atoms with E-state index in [0.29, 0.717) is 17.6 Å². The second kappa shape index (κ2) is 8.33. The van der Waals surface area contributed by atoms with Crippen molar-refractivity contribution >= 4 is 17.7 Å². The minimum Gasteiger partial charge on any atom is -0.314 e. The summed E-state index contributed by atoms with van der Waals surface area (Å²) in [4.78, 5) is 15.8. The lowest BCUT2D eigenvalue weighted by Crippen LogP contribution is -2.54. The van der Waals surface area contributed by atoms with Crippen molar-refractivity contribution in [2.24, 2.45) is 5.92 Å². The first-order valence-corrected chi connectivity index (χ1v) is 11.6. The number of halogens is 1. The highest BCUT2D eigenvalue weighted by Gasteiger charge is 2.39. The highest BCUT2D eigenvalue weighted by atomic mass is 35.5. The van der Waals surface area contributed by atoms with E-state index in [-0.39, 0.29) is 11.9 Å². The molecule has 4 nitrogen and oxygen atoms in total. The Labute approximate surface area is 184 Å². The number of amides is 1. The van der Waals surface area contributed by atoms with E-state index < -0.39 is 0 Å².